The molecule has 3 aromatic rings. The standard InChI is InChI=1S/C31H26ClNO3/c1-3-30-23(19-12-7-5-8-13-19)24(20-14-9-6-10-15-20)31(4-2,29(30)36)26-25(30)27(34)33(28(26)35)22-17-11-16-21(32)18-22/h5-18,25-26H,3-4H2,1-2H3/t25-,26-,30-,31+/m0/s1. The van der Waals surface area contributed by atoms with Crippen molar-refractivity contribution in [1.29, 1.82) is 0 Å². The monoisotopic (exact) mass is 495 g/mol. The number of Topliss-reactive ketones (excluding diaryl/α,β-unsaturated/α-hetero) is 1. The maximum Gasteiger partial charge on any atom is 0.239 e. The molecule has 0 N–H and O–H groups in total. The number of ketones is 1. The number of carbonyl (C=O) groups excluding carboxylic acids is 3. The van der Waals surface area contributed by atoms with Gasteiger partial charge in [0.05, 0.1) is 28.4 Å². The van der Waals surface area contributed by atoms with Crippen molar-refractivity contribution >= 4 is 46.0 Å². The fourth-order valence-electron chi connectivity index (χ4n) is 7.32. The molecule has 3 aliphatic rings. The summed E-state index contributed by atoms with van der Waals surface area (Å²) in [6, 6.07) is 26.6. The highest BCUT2D eigenvalue weighted by Gasteiger charge is 2.80. The maximum absolute atomic E-state index is 14.7. The van der Waals surface area contributed by atoms with E-state index < -0.39 is 22.7 Å². The molecule has 6 rings (SSSR count). The van der Waals surface area contributed by atoms with Crippen LogP contribution in [0.5, 0.6) is 0 Å². The number of rotatable bonds is 5. The zero-order valence-electron chi connectivity index (χ0n) is 20.2. The lowest BCUT2D eigenvalue weighted by atomic mass is 9.60. The lowest BCUT2D eigenvalue weighted by Crippen LogP contribution is -2.41. The van der Waals surface area contributed by atoms with E-state index in [0.717, 1.165) is 22.3 Å². The molecule has 4 nitrogen and oxygen atoms in total. The minimum atomic E-state index is -1.08. The third kappa shape index (κ3) is 2.63. The van der Waals surface area contributed by atoms with E-state index in [1.165, 1.54) is 4.90 Å². The summed E-state index contributed by atoms with van der Waals surface area (Å²) in [6.07, 6.45) is 0.884. The van der Waals surface area contributed by atoms with Crippen molar-refractivity contribution < 1.29 is 14.4 Å². The Kier molecular flexibility index (Phi) is 5.10. The normalized spacial score (nSPS) is 28.9. The van der Waals surface area contributed by atoms with Crippen LogP contribution < -0.4 is 4.90 Å². The minimum Gasteiger partial charge on any atom is -0.298 e. The predicted octanol–water partition coefficient (Wildman–Crippen LogP) is 6.45. The van der Waals surface area contributed by atoms with E-state index >= 15 is 0 Å². The summed E-state index contributed by atoms with van der Waals surface area (Å²) in [7, 11) is 0. The van der Waals surface area contributed by atoms with Crippen LogP contribution in [0.1, 0.15) is 37.8 Å². The number of amides is 2. The molecule has 0 unspecified atom stereocenters. The Morgan fingerprint density at radius 1 is 0.694 bits per heavy atom. The molecule has 1 saturated carbocycles. The topological polar surface area (TPSA) is 54.5 Å². The highest BCUT2D eigenvalue weighted by atomic mass is 35.5. The Labute approximate surface area is 215 Å². The molecule has 2 fully saturated rings. The summed E-state index contributed by atoms with van der Waals surface area (Å²) in [6.45, 7) is 3.94. The van der Waals surface area contributed by atoms with Gasteiger partial charge in [0.25, 0.3) is 0 Å². The predicted molar refractivity (Wildman–Crippen MR) is 141 cm³/mol. The number of carbonyl (C=O) groups is 3. The lowest BCUT2D eigenvalue weighted by Gasteiger charge is -2.38. The number of halogens is 1. The van der Waals surface area contributed by atoms with Gasteiger partial charge in [-0.2, -0.15) is 0 Å². The maximum atomic E-state index is 14.7. The first-order valence-corrected chi connectivity index (χ1v) is 12.9. The average molecular weight is 496 g/mol. The van der Waals surface area contributed by atoms with Gasteiger partial charge in [-0.05, 0) is 53.3 Å². The highest BCUT2D eigenvalue weighted by molar-refractivity contribution is 6.35. The molecule has 2 aliphatic carbocycles. The van der Waals surface area contributed by atoms with E-state index in [1.807, 2.05) is 74.5 Å². The molecule has 36 heavy (non-hydrogen) atoms. The molecule has 5 heteroatoms. The molecule has 0 radical (unpaired) electrons. The Morgan fingerprint density at radius 2 is 1.17 bits per heavy atom. The fourth-order valence-corrected chi connectivity index (χ4v) is 7.51. The number of anilines is 1. The molecule has 3 aromatic carbocycles. The van der Waals surface area contributed by atoms with Gasteiger partial charge in [0.15, 0.2) is 5.78 Å². The van der Waals surface area contributed by atoms with Crippen molar-refractivity contribution in [3.05, 3.63) is 101 Å². The lowest BCUT2D eigenvalue weighted by molar-refractivity contribution is -0.134. The van der Waals surface area contributed by atoms with Crippen LogP contribution in [0, 0.1) is 22.7 Å². The Balaban J connectivity index is 1.68. The van der Waals surface area contributed by atoms with Crippen LogP contribution in [-0.4, -0.2) is 17.6 Å². The number of allylic oxidation sites excluding steroid dienone is 2. The SMILES string of the molecule is CC[C@]12C(=O)[C@](CC)(C(c3ccccc3)=C1c1ccccc1)[C@@H]1C(=O)N(c3cccc(Cl)c3)C(=O)[C@H]12. The molecule has 4 atom stereocenters. The van der Waals surface area contributed by atoms with E-state index in [2.05, 4.69) is 0 Å². The number of imide groups is 1. The molecule has 1 aliphatic heterocycles. The van der Waals surface area contributed by atoms with Crippen LogP contribution in [0.15, 0.2) is 84.9 Å². The third-order valence-electron chi connectivity index (χ3n) is 8.63. The van der Waals surface area contributed by atoms with E-state index in [1.54, 1.807) is 24.3 Å². The number of benzene rings is 3. The van der Waals surface area contributed by atoms with Crippen LogP contribution in [0.4, 0.5) is 5.69 Å². The molecule has 0 spiro atoms. The van der Waals surface area contributed by atoms with Crippen LogP contribution >= 0.6 is 11.6 Å². The second-order valence-corrected chi connectivity index (χ2v) is 10.3. The van der Waals surface area contributed by atoms with E-state index in [-0.39, 0.29) is 17.6 Å². The van der Waals surface area contributed by atoms with Gasteiger partial charge >= 0.3 is 0 Å². The summed E-state index contributed by atoms with van der Waals surface area (Å²) >= 11 is 6.24. The number of fused-ring (bicyclic) bond motifs is 5. The molecule has 2 bridgehead atoms. The number of hydrogen-bond donors (Lipinski definition) is 0. The number of nitrogens with zero attached hydrogens (tertiary/aromatic N) is 1. The van der Waals surface area contributed by atoms with Crippen molar-refractivity contribution in [2.24, 2.45) is 22.7 Å². The van der Waals surface area contributed by atoms with Crippen LogP contribution in [0.2, 0.25) is 5.02 Å². The largest absolute Gasteiger partial charge is 0.298 e. The summed E-state index contributed by atoms with van der Waals surface area (Å²) < 4.78 is 0. The van der Waals surface area contributed by atoms with Crippen LogP contribution in [0.25, 0.3) is 11.1 Å². The van der Waals surface area contributed by atoms with Gasteiger partial charge in [0, 0.05) is 5.02 Å². The summed E-state index contributed by atoms with van der Waals surface area (Å²) in [4.78, 5) is 44.3. The molecular formula is C31H26ClNO3. The summed E-state index contributed by atoms with van der Waals surface area (Å²) in [5.41, 5.74) is 1.97. The minimum absolute atomic E-state index is 0.0140. The molecule has 180 valence electrons. The van der Waals surface area contributed by atoms with Crippen molar-refractivity contribution in [1.82, 2.24) is 0 Å². The molecule has 2 amide bonds. The zero-order valence-corrected chi connectivity index (χ0v) is 21.0. The summed E-state index contributed by atoms with van der Waals surface area (Å²) in [5.74, 6) is -2.09. The summed E-state index contributed by atoms with van der Waals surface area (Å²) in [5, 5.41) is 0.452. The first-order valence-electron chi connectivity index (χ1n) is 12.5. The third-order valence-corrected chi connectivity index (χ3v) is 8.86. The fraction of sp³-hybridized carbons (Fsp3) is 0.258. The molecular weight excluding hydrogens is 470 g/mol. The number of hydrogen-bond acceptors (Lipinski definition) is 3. The highest BCUT2D eigenvalue weighted by Crippen LogP contribution is 2.75. The van der Waals surface area contributed by atoms with Crippen molar-refractivity contribution in [3.8, 4) is 0 Å². The molecule has 1 saturated heterocycles. The Morgan fingerprint density at radius 3 is 1.58 bits per heavy atom. The Bertz CT molecular complexity index is 1360. The second-order valence-electron chi connectivity index (χ2n) is 9.91. The molecule has 1 heterocycles. The van der Waals surface area contributed by atoms with Crippen LogP contribution in [-0.2, 0) is 14.4 Å². The van der Waals surface area contributed by atoms with Crippen LogP contribution in [0.3, 0.4) is 0 Å². The van der Waals surface area contributed by atoms with Crippen molar-refractivity contribution in [3.63, 3.8) is 0 Å². The second kappa shape index (κ2) is 8.01. The van der Waals surface area contributed by atoms with Gasteiger partial charge in [-0.3, -0.25) is 14.4 Å². The average Bonchev–Trinajstić information content (AvgIpc) is 3.40. The van der Waals surface area contributed by atoms with Crippen molar-refractivity contribution in [2.75, 3.05) is 4.90 Å². The first kappa shape index (κ1) is 22.9. The van der Waals surface area contributed by atoms with Crippen molar-refractivity contribution in [2.45, 2.75) is 26.7 Å². The van der Waals surface area contributed by atoms with Gasteiger partial charge < -0.3 is 0 Å². The quantitative estimate of drug-likeness (QED) is 0.382. The zero-order chi connectivity index (χ0) is 25.2. The Hall–Kier alpha value is -3.50. The molecule has 0 aromatic heterocycles. The smallest absolute Gasteiger partial charge is 0.239 e. The first-order chi connectivity index (χ1) is 17.4. The van der Waals surface area contributed by atoms with E-state index in [4.69, 9.17) is 11.6 Å². The van der Waals surface area contributed by atoms with Gasteiger partial charge in [-0.25, -0.2) is 4.90 Å². The van der Waals surface area contributed by atoms with Gasteiger partial charge in [0.1, 0.15) is 0 Å². The van der Waals surface area contributed by atoms with Gasteiger partial charge in [0.2, 0.25) is 11.8 Å². The van der Waals surface area contributed by atoms with Gasteiger partial charge in [-0.15, -0.1) is 0 Å². The van der Waals surface area contributed by atoms with E-state index in [9.17, 15) is 14.4 Å². The van der Waals surface area contributed by atoms with Gasteiger partial charge in [-0.1, -0.05) is 92.2 Å². The van der Waals surface area contributed by atoms with E-state index in [0.29, 0.717) is 23.6 Å².